The smallest absolute Gasteiger partial charge is 0.0898 e. The normalized spacial score (nSPS) is 22.5. The summed E-state index contributed by atoms with van der Waals surface area (Å²) >= 11 is 0. The molecular weight excluding hydrogens is 206 g/mol. The van der Waals surface area contributed by atoms with E-state index in [0.717, 1.165) is 0 Å². The highest BCUT2D eigenvalue weighted by Gasteiger charge is 2.31. The van der Waals surface area contributed by atoms with E-state index in [1.807, 2.05) is 6.92 Å². The van der Waals surface area contributed by atoms with Gasteiger partial charge in [0.25, 0.3) is 0 Å². The van der Waals surface area contributed by atoms with E-state index in [1.54, 1.807) is 7.11 Å². The number of hydrogen-bond donors (Lipinski definition) is 2. The molecule has 1 aliphatic rings. The first kappa shape index (κ1) is 13.9. The molecule has 0 aromatic rings. The lowest BCUT2D eigenvalue weighted by Crippen LogP contribution is -2.51. The van der Waals surface area contributed by atoms with Crippen molar-refractivity contribution in [2.75, 3.05) is 26.9 Å². The molecule has 0 aromatic heterocycles. The molecule has 0 saturated heterocycles. The molecule has 16 heavy (non-hydrogen) atoms. The molecule has 4 heteroatoms. The summed E-state index contributed by atoms with van der Waals surface area (Å²) in [5, 5.41) is 13.1. The lowest BCUT2D eigenvalue weighted by atomic mass is 9.78. The van der Waals surface area contributed by atoms with Crippen LogP contribution in [0.1, 0.15) is 33.1 Å². The molecular formula is C12H25NO3. The molecule has 4 nitrogen and oxygen atoms in total. The van der Waals surface area contributed by atoms with Crippen LogP contribution >= 0.6 is 0 Å². The van der Waals surface area contributed by atoms with Gasteiger partial charge in [0.15, 0.2) is 0 Å². The zero-order valence-electron chi connectivity index (χ0n) is 10.7. The lowest BCUT2D eigenvalue weighted by molar-refractivity contribution is -0.0336. The van der Waals surface area contributed by atoms with E-state index in [4.69, 9.17) is 9.47 Å². The van der Waals surface area contributed by atoms with Gasteiger partial charge in [-0.15, -0.1) is 0 Å². The Balaban J connectivity index is 2.04. The van der Waals surface area contributed by atoms with Gasteiger partial charge in [0.05, 0.1) is 25.4 Å². The Hall–Kier alpha value is -0.160. The molecule has 1 rings (SSSR count). The molecule has 0 bridgehead atoms. The van der Waals surface area contributed by atoms with Crippen molar-refractivity contribution < 1.29 is 14.6 Å². The van der Waals surface area contributed by atoms with Crippen LogP contribution in [0.4, 0.5) is 0 Å². The monoisotopic (exact) mass is 231 g/mol. The van der Waals surface area contributed by atoms with E-state index < -0.39 is 6.10 Å². The molecule has 0 spiro atoms. The van der Waals surface area contributed by atoms with Crippen LogP contribution in [0.15, 0.2) is 0 Å². The van der Waals surface area contributed by atoms with E-state index in [-0.39, 0.29) is 11.6 Å². The number of methoxy groups -OCH3 is 1. The van der Waals surface area contributed by atoms with Crippen LogP contribution in [0.25, 0.3) is 0 Å². The molecule has 0 aliphatic heterocycles. The summed E-state index contributed by atoms with van der Waals surface area (Å²) in [6, 6.07) is 0. The van der Waals surface area contributed by atoms with Crippen molar-refractivity contribution in [3.63, 3.8) is 0 Å². The number of hydrogen-bond acceptors (Lipinski definition) is 4. The predicted octanol–water partition coefficient (Wildman–Crippen LogP) is 0.931. The van der Waals surface area contributed by atoms with E-state index in [2.05, 4.69) is 12.2 Å². The van der Waals surface area contributed by atoms with Crippen LogP contribution in [-0.2, 0) is 9.47 Å². The molecule has 2 unspecified atom stereocenters. The van der Waals surface area contributed by atoms with Gasteiger partial charge >= 0.3 is 0 Å². The Labute approximate surface area is 98.3 Å². The topological polar surface area (TPSA) is 50.7 Å². The first-order chi connectivity index (χ1) is 7.56. The fourth-order valence-corrected chi connectivity index (χ4v) is 1.87. The van der Waals surface area contributed by atoms with Crippen LogP contribution in [0.3, 0.4) is 0 Å². The highest BCUT2D eigenvalue weighted by molar-refractivity contribution is 4.91. The van der Waals surface area contributed by atoms with Gasteiger partial charge in [-0.3, -0.25) is 0 Å². The molecule has 2 N–H and O–H groups in total. The number of ether oxygens (including phenoxy) is 2. The summed E-state index contributed by atoms with van der Waals surface area (Å²) in [6.07, 6.45) is 3.32. The first-order valence-corrected chi connectivity index (χ1v) is 6.09. The van der Waals surface area contributed by atoms with Crippen molar-refractivity contribution in [2.45, 2.75) is 50.9 Å². The summed E-state index contributed by atoms with van der Waals surface area (Å²) in [5.74, 6) is 0. The third kappa shape index (κ3) is 4.78. The van der Waals surface area contributed by atoms with Crippen LogP contribution in [-0.4, -0.2) is 49.7 Å². The number of aliphatic hydroxyl groups is 1. The van der Waals surface area contributed by atoms with Crippen LogP contribution < -0.4 is 5.32 Å². The molecule has 2 atom stereocenters. The van der Waals surface area contributed by atoms with Gasteiger partial charge in [-0.1, -0.05) is 0 Å². The number of rotatable bonds is 8. The minimum Gasteiger partial charge on any atom is -0.389 e. The zero-order chi connectivity index (χ0) is 12.0. The lowest BCUT2D eigenvalue weighted by Gasteiger charge is -2.40. The van der Waals surface area contributed by atoms with Crippen LogP contribution in [0, 0.1) is 0 Å². The Morgan fingerprint density at radius 2 is 2.06 bits per heavy atom. The van der Waals surface area contributed by atoms with Crippen molar-refractivity contribution in [1.29, 1.82) is 0 Å². The SMILES string of the molecule is COCC(C)OCC(O)CNC1(C)CCC1. The number of β-amino-alcohol motifs (C(OH)–C–C–N with tert-alkyl or cyclic N) is 1. The predicted molar refractivity (Wildman–Crippen MR) is 63.6 cm³/mol. The second-order valence-corrected chi connectivity index (χ2v) is 5.05. The Morgan fingerprint density at radius 3 is 2.56 bits per heavy atom. The zero-order valence-corrected chi connectivity index (χ0v) is 10.7. The van der Waals surface area contributed by atoms with Gasteiger partial charge < -0.3 is 19.9 Å². The maximum Gasteiger partial charge on any atom is 0.0898 e. The van der Waals surface area contributed by atoms with E-state index in [0.29, 0.717) is 19.8 Å². The third-order valence-electron chi connectivity index (χ3n) is 3.20. The summed E-state index contributed by atoms with van der Waals surface area (Å²) in [4.78, 5) is 0. The quantitative estimate of drug-likeness (QED) is 0.652. The van der Waals surface area contributed by atoms with E-state index >= 15 is 0 Å². The van der Waals surface area contributed by atoms with Crippen molar-refractivity contribution >= 4 is 0 Å². The largest absolute Gasteiger partial charge is 0.389 e. The number of aliphatic hydroxyl groups excluding tert-OH is 1. The highest BCUT2D eigenvalue weighted by atomic mass is 16.5. The molecule has 0 aromatic carbocycles. The summed E-state index contributed by atoms with van der Waals surface area (Å²) in [5.41, 5.74) is 0.249. The van der Waals surface area contributed by atoms with Crippen LogP contribution in [0.5, 0.6) is 0 Å². The van der Waals surface area contributed by atoms with Gasteiger partial charge in [0.1, 0.15) is 0 Å². The van der Waals surface area contributed by atoms with Gasteiger partial charge in [0, 0.05) is 19.2 Å². The second kappa shape index (κ2) is 6.55. The van der Waals surface area contributed by atoms with Crippen molar-refractivity contribution in [2.24, 2.45) is 0 Å². The molecule has 0 radical (unpaired) electrons. The molecule has 1 aliphatic carbocycles. The maximum atomic E-state index is 9.72. The summed E-state index contributed by atoms with van der Waals surface area (Å²) in [6.45, 7) is 5.69. The number of nitrogens with one attached hydrogen (secondary N) is 1. The standard InChI is InChI=1S/C12H25NO3/c1-10(8-15-3)16-9-11(14)7-13-12(2)5-4-6-12/h10-11,13-14H,4-9H2,1-3H3. The first-order valence-electron chi connectivity index (χ1n) is 6.09. The second-order valence-electron chi connectivity index (χ2n) is 5.05. The Bertz CT molecular complexity index is 195. The fraction of sp³-hybridized carbons (Fsp3) is 1.00. The molecule has 0 amide bonds. The minimum absolute atomic E-state index is 0.0407. The minimum atomic E-state index is -0.434. The van der Waals surface area contributed by atoms with Gasteiger partial charge in [-0.05, 0) is 33.1 Å². The van der Waals surface area contributed by atoms with Gasteiger partial charge in [-0.2, -0.15) is 0 Å². The average molecular weight is 231 g/mol. The molecule has 1 saturated carbocycles. The average Bonchev–Trinajstić information content (AvgIpc) is 2.21. The highest BCUT2D eigenvalue weighted by Crippen LogP contribution is 2.30. The van der Waals surface area contributed by atoms with E-state index in [1.165, 1.54) is 19.3 Å². The van der Waals surface area contributed by atoms with Gasteiger partial charge in [0.2, 0.25) is 0 Å². The molecule has 0 heterocycles. The Morgan fingerprint density at radius 1 is 1.38 bits per heavy atom. The molecule has 96 valence electrons. The van der Waals surface area contributed by atoms with Crippen molar-refractivity contribution in [3.05, 3.63) is 0 Å². The summed E-state index contributed by atoms with van der Waals surface area (Å²) in [7, 11) is 1.65. The van der Waals surface area contributed by atoms with Crippen molar-refractivity contribution in [1.82, 2.24) is 5.32 Å². The summed E-state index contributed by atoms with van der Waals surface area (Å²) < 4.78 is 10.4. The van der Waals surface area contributed by atoms with Crippen LogP contribution in [0.2, 0.25) is 0 Å². The third-order valence-corrected chi connectivity index (χ3v) is 3.20. The van der Waals surface area contributed by atoms with Crippen molar-refractivity contribution in [3.8, 4) is 0 Å². The molecule has 1 fully saturated rings. The van der Waals surface area contributed by atoms with Gasteiger partial charge in [-0.25, -0.2) is 0 Å². The fourth-order valence-electron chi connectivity index (χ4n) is 1.87. The van der Waals surface area contributed by atoms with E-state index in [9.17, 15) is 5.11 Å². The Kier molecular flexibility index (Phi) is 5.69. The maximum absolute atomic E-state index is 9.72.